The molecule has 1 aliphatic heterocycles. The summed E-state index contributed by atoms with van der Waals surface area (Å²) in [4.78, 5) is 23.7. The lowest BCUT2D eigenvalue weighted by Gasteiger charge is -2.25. The Kier molecular flexibility index (Phi) is 2.07. The Morgan fingerprint density at radius 3 is 2.93 bits per heavy atom. The molecule has 1 aromatic rings. The third-order valence-corrected chi connectivity index (χ3v) is 2.33. The molecular weight excluding hydrogens is 196 g/mol. The molecule has 0 bridgehead atoms. The highest BCUT2D eigenvalue weighted by atomic mass is 16.5. The van der Waals surface area contributed by atoms with E-state index in [1.807, 2.05) is 0 Å². The van der Waals surface area contributed by atoms with Gasteiger partial charge in [0.05, 0.1) is 5.69 Å². The Bertz CT molecular complexity index is 442. The van der Waals surface area contributed by atoms with Crippen LogP contribution in [0.25, 0.3) is 0 Å². The molecular formula is C10H10N2O3. The summed E-state index contributed by atoms with van der Waals surface area (Å²) in [5.41, 5.74) is 6.15. The largest absolute Gasteiger partial charge is 0.482 e. The van der Waals surface area contributed by atoms with Gasteiger partial charge in [0.15, 0.2) is 6.61 Å². The first-order valence-electron chi connectivity index (χ1n) is 4.43. The number of ether oxygens (including phenoxy) is 1. The molecule has 15 heavy (non-hydrogen) atoms. The third-order valence-electron chi connectivity index (χ3n) is 2.33. The van der Waals surface area contributed by atoms with E-state index in [0.29, 0.717) is 17.0 Å². The molecule has 0 aliphatic carbocycles. The van der Waals surface area contributed by atoms with E-state index in [1.165, 1.54) is 4.90 Å². The Morgan fingerprint density at radius 2 is 2.27 bits per heavy atom. The van der Waals surface area contributed by atoms with Gasteiger partial charge in [0, 0.05) is 12.6 Å². The number of hydrogen-bond acceptors (Lipinski definition) is 3. The number of nitrogens with two attached hydrogens (primary N) is 1. The van der Waals surface area contributed by atoms with Crippen molar-refractivity contribution in [2.45, 2.75) is 0 Å². The summed E-state index contributed by atoms with van der Waals surface area (Å²) < 4.78 is 5.20. The van der Waals surface area contributed by atoms with Crippen molar-refractivity contribution < 1.29 is 14.3 Å². The number of carbonyl (C=O) groups is 2. The molecule has 0 unspecified atom stereocenters. The van der Waals surface area contributed by atoms with Crippen LogP contribution in [0.3, 0.4) is 0 Å². The van der Waals surface area contributed by atoms with Gasteiger partial charge < -0.3 is 15.4 Å². The van der Waals surface area contributed by atoms with Gasteiger partial charge in [-0.25, -0.2) is 0 Å². The minimum Gasteiger partial charge on any atom is -0.482 e. The monoisotopic (exact) mass is 206 g/mol. The molecule has 78 valence electrons. The molecule has 0 saturated heterocycles. The number of carbonyl (C=O) groups excluding carboxylic acids is 2. The van der Waals surface area contributed by atoms with E-state index in [1.54, 1.807) is 25.2 Å². The van der Waals surface area contributed by atoms with Crippen LogP contribution in [0, 0.1) is 0 Å². The average Bonchev–Trinajstić information content (AvgIpc) is 2.23. The van der Waals surface area contributed by atoms with Crippen molar-refractivity contribution in [2.75, 3.05) is 18.6 Å². The highest BCUT2D eigenvalue weighted by Gasteiger charge is 2.22. The van der Waals surface area contributed by atoms with Crippen LogP contribution < -0.4 is 15.4 Å². The van der Waals surface area contributed by atoms with Crippen molar-refractivity contribution in [2.24, 2.45) is 5.73 Å². The van der Waals surface area contributed by atoms with Crippen LogP contribution in [0.5, 0.6) is 5.75 Å². The van der Waals surface area contributed by atoms with E-state index in [9.17, 15) is 9.59 Å². The SMILES string of the molecule is CN1C(=O)COc2cc(C(N)=O)ccc21. The molecule has 0 saturated carbocycles. The van der Waals surface area contributed by atoms with Gasteiger partial charge in [-0.2, -0.15) is 0 Å². The van der Waals surface area contributed by atoms with Crippen LogP contribution in [-0.2, 0) is 4.79 Å². The predicted molar refractivity (Wildman–Crippen MR) is 53.9 cm³/mol. The quantitative estimate of drug-likeness (QED) is 0.710. The number of anilines is 1. The zero-order valence-corrected chi connectivity index (χ0v) is 8.19. The fourth-order valence-corrected chi connectivity index (χ4v) is 1.43. The van der Waals surface area contributed by atoms with Crippen LogP contribution >= 0.6 is 0 Å². The fraction of sp³-hybridized carbons (Fsp3) is 0.200. The van der Waals surface area contributed by atoms with Gasteiger partial charge in [0.2, 0.25) is 5.91 Å². The molecule has 0 atom stereocenters. The van der Waals surface area contributed by atoms with Crippen molar-refractivity contribution in [3.8, 4) is 5.75 Å². The van der Waals surface area contributed by atoms with Gasteiger partial charge in [-0.1, -0.05) is 0 Å². The molecule has 2 N–H and O–H groups in total. The molecule has 0 aromatic heterocycles. The number of likely N-dealkylation sites (N-methyl/N-ethyl adjacent to an activating group) is 1. The van der Waals surface area contributed by atoms with Gasteiger partial charge in [-0.15, -0.1) is 0 Å². The Balaban J connectivity index is 2.47. The molecule has 2 amide bonds. The highest BCUT2D eigenvalue weighted by molar-refractivity contribution is 5.99. The van der Waals surface area contributed by atoms with Gasteiger partial charge in [-0.3, -0.25) is 9.59 Å². The van der Waals surface area contributed by atoms with Crippen LogP contribution in [0.2, 0.25) is 0 Å². The summed E-state index contributed by atoms with van der Waals surface area (Å²) in [5, 5.41) is 0. The van der Waals surface area contributed by atoms with Crippen molar-refractivity contribution in [1.82, 2.24) is 0 Å². The molecule has 1 aromatic carbocycles. The van der Waals surface area contributed by atoms with Gasteiger partial charge in [-0.05, 0) is 18.2 Å². The second-order valence-corrected chi connectivity index (χ2v) is 3.29. The fourth-order valence-electron chi connectivity index (χ4n) is 1.43. The Labute approximate surface area is 86.4 Å². The first-order valence-corrected chi connectivity index (χ1v) is 4.43. The van der Waals surface area contributed by atoms with E-state index < -0.39 is 5.91 Å². The summed E-state index contributed by atoms with van der Waals surface area (Å²) in [6.45, 7) is -0.00822. The topological polar surface area (TPSA) is 72.6 Å². The van der Waals surface area contributed by atoms with Crippen LogP contribution in [0.1, 0.15) is 10.4 Å². The molecule has 2 rings (SSSR count). The second-order valence-electron chi connectivity index (χ2n) is 3.29. The molecule has 5 nitrogen and oxygen atoms in total. The molecule has 1 heterocycles. The number of hydrogen-bond donors (Lipinski definition) is 1. The molecule has 5 heteroatoms. The van der Waals surface area contributed by atoms with Crippen LogP contribution in [-0.4, -0.2) is 25.5 Å². The summed E-state index contributed by atoms with van der Waals surface area (Å²) in [5.74, 6) is -0.122. The number of nitrogens with zero attached hydrogens (tertiary/aromatic N) is 1. The minimum absolute atomic E-state index is 0.00822. The van der Waals surface area contributed by atoms with E-state index >= 15 is 0 Å². The van der Waals surface area contributed by atoms with E-state index in [2.05, 4.69) is 0 Å². The van der Waals surface area contributed by atoms with E-state index in [4.69, 9.17) is 10.5 Å². The summed E-state index contributed by atoms with van der Waals surface area (Å²) in [6.07, 6.45) is 0. The van der Waals surface area contributed by atoms with E-state index in [-0.39, 0.29) is 12.5 Å². The summed E-state index contributed by atoms with van der Waals surface area (Å²) in [7, 11) is 1.66. The number of amides is 2. The zero-order valence-electron chi connectivity index (χ0n) is 8.19. The van der Waals surface area contributed by atoms with Gasteiger partial charge in [0.25, 0.3) is 5.91 Å². The van der Waals surface area contributed by atoms with Crippen LogP contribution in [0.15, 0.2) is 18.2 Å². The normalized spacial score (nSPS) is 14.5. The zero-order chi connectivity index (χ0) is 11.0. The maximum Gasteiger partial charge on any atom is 0.264 e. The summed E-state index contributed by atoms with van der Waals surface area (Å²) in [6, 6.07) is 4.76. The second kappa shape index (κ2) is 3.27. The van der Waals surface area contributed by atoms with Gasteiger partial charge >= 0.3 is 0 Å². The van der Waals surface area contributed by atoms with Crippen molar-refractivity contribution in [1.29, 1.82) is 0 Å². The van der Waals surface area contributed by atoms with Crippen molar-refractivity contribution in [3.63, 3.8) is 0 Å². The lowest BCUT2D eigenvalue weighted by atomic mass is 10.1. The standard InChI is InChI=1S/C10H10N2O3/c1-12-7-3-2-6(10(11)14)4-8(7)15-5-9(12)13/h2-4H,5H2,1H3,(H2,11,14). The van der Waals surface area contributed by atoms with Crippen LogP contribution in [0.4, 0.5) is 5.69 Å². The molecule has 0 fully saturated rings. The maximum absolute atomic E-state index is 11.3. The third kappa shape index (κ3) is 1.52. The van der Waals surface area contributed by atoms with Gasteiger partial charge in [0.1, 0.15) is 5.75 Å². The minimum atomic E-state index is -0.513. The number of benzene rings is 1. The molecule has 0 spiro atoms. The number of primary amides is 1. The van der Waals surface area contributed by atoms with E-state index in [0.717, 1.165) is 0 Å². The lowest BCUT2D eigenvalue weighted by molar-refractivity contribution is -0.120. The van der Waals surface area contributed by atoms with Crippen molar-refractivity contribution >= 4 is 17.5 Å². The Morgan fingerprint density at radius 1 is 1.53 bits per heavy atom. The molecule has 1 aliphatic rings. The Hall–Kier alpha value is -2.04. The van der Waals surface area contributed by atoms with Crippen molar-refractivity contribution in [3.05, 3.63) is 23.8 Å². The number of fused-ring (bicyclic) bond motifs is 1. The maximum atomic E-state index is 11.3. The lowest BCUT2D eigenvalue weighted by Crippen LogP contribution is -2.35. The highest BCUT2D eigenvalue weighted by Crippen LogP contribution is 2.31. The first-order chi connectivity index (χ1) is 7.09. The summed E-state index contributed by atoms with van der Waals surface area (Å²) >= 11 is 0. The first kappa shape index (κ1) is 9.51. The predicted octanol–water partition coefficient (Wildman–Crippen LogP) is 0.141. The smallest absolute Gasteiger partial charge is 0.264 e. The average molecular weight is 206 g/mol. The number of rotatable bonds is 1. The molecule has 0 radical (unpaired) electrons.